The second kappa shape index (κ2) is 7.46. The molecule has 0 aromatic rings. The smallest absolute Gasteiger partial charge is 0.248 e. The second-order valence-corrected chi connectivity index (χ2v) is 3.92. The van der Waals surface area contributed by atoms with Crippen LogP contribution in [0.5, 0.6) is 0 Å². The number of nitrogens with zero attached hydrogens (tertiary/aromatic N) is 1. The molecule has 1 amide bonds. The van der Waals surface area contributed by atoms with E-state index in [1.165, 1.54) is 25.7 Å². The number of amides is 1. The lowest BCUT2D eigenvalue weighted by Crippen LogP contribution is -2.31. The van der Waals surface area contributed by atoms with Crippen LogP contribution >= 0.6 is 0 Å². The molecule has 1 aliphatic rings. The first-order chi connectivity index (χ1) is 7.34. The second-order valence-electron chi connectivity index (χ2n) is 3.92. The molecule has 0 atom stereocenters. The Bertz CT molecular complexity index is 214. The highest BCUT2D eigenvalue weighted by Crippen LogP contribution is 2.05. The van der Waals surface area contributed by atoms with Gasteiger partial charge in [-0.15, -0.1) is 0 Å². The third-order valence-corrected chi connectivity index (χ3v) is 2.56. The van der Waals surface area contributed by atoms with Gasteiger partial charge in [0.25, 0.3) is 0 Å². The molecule has 0 unspecified atom stereocenters. The van der Waals surface area contributed by atoms with E-state index in [1.807, 2.05) is 0 Å². The number of ether oxygens (including phenoxy) is 1. The van der Waals surface area contributed by atoms with E-state index in [1.54, 1.807) is 17.1 Å². The first kappa shape index (κ1) is 12.2. The molecule has 0 spiro atoms. The monoisotopic (exact) mass is 211 g/mol. The lowest BCUT2D eigenvalue weighted by molar-refractivity contribution is -0.130. The largest absolute Gasteiger partial charge is 0.357 e. The van der Waals surface area contributed by atoms with Crippen LogP contribution in [-0.4, -0.2) is 30.7 Å². The standard InChI is InChI=1S/C12H21NO2/c1-2-3-4-5-6-9-13-11-15-10-7-8-12(13)14/h7-8H,2-6,9-11H2,1H3. The molecule has 0 aromatic heterocycles. The van der Waals surface area contributed by atoms with Gasteiger partial charge in [0.15, 0.2) is 0 Å². The summed E-state index contributed by atoms with van der Waals surface area (Å²) in [5.41, 5.74) is 0. The topological polar surface area (TPSA) is 29.5 Å². The zero-order valence-electron chi connectivity index (χ0n) is 9.58. The van der Waals surface area contributed by atoms with Gasteiger partial charge in [0, 0.05) is 12.6 Å². The number of rotatable bonds is 6. The maximum absolute atomic E-state index is 11.5. The average molecular weight is 211 g/mol. The summed E-state index contributed by atoms with van der Waals surface area (Å²) in [4.78, 5) is 13.3. The summed E-state index contributed by atoms with van der Waals surface area (Å²) in [7, 11) is 0. The predicted octanol–water partition coefficient (Wildman–Crippen LogP) is 2.33. The summed E-state index contributed by atoms with van der Waals surface area (Å²) in [6, 6.07) is 0. The van der Waals surface area contributed by atoms with Crippen LogP contribution < -0.4 is 0 Å². The van der Waals surface area contributed by atoms with Crippen molar-refractivity contribution in [1.82, 2.24) is 4.90 Å². The summed E-state index contributed by atoms with van der Waals surface area (Å²) in [6.45, 7) is 4.03. The fraction of sp³-hybridized carbons (Fsp3) is 0.750. The van der Waals surface area contributed by atoms with Crippen molar-refractivity contribution in [3.8, 4) is 0 Å². The van der Waals surface area contributed by atoms with Crippen LogP contribution in [0, 0.1) is 0 Å². The quantitative estimate of drug-likeness (QED) is 0.631. The first-order valence-electron chi connectivity index (χ1n) is 5.87. The highest BCUT2D eigenvalue weighted by Gasteiger charge is 2.11. The molecule has 0 radical (unpaired) electrons. The van der Waals surface area contributed by atoms with Crippen molar-refractivity contribution in [3.05, 3.63) is 12.2 Å². The van der Waals surface area contributed by atoms with Gasteiger partial charge in [0.05, 0.1) is 6.61 Å². The molecule has 1 aliphatic heterocycles. The van der Waals surface area contributed by atoms with Gasteiger partial charge in [-0.3, -0.25) is 4.79 Å². The van der Waals surface area contributed by atoms with Gasteiger partial charge >= 0.3 is 0 Å². The maximum atomic E-state index is 11.5. The van der Waals surface area contributed by atoms with E-state index in [4.69, 9.17) is 4.74 Å². The summed E-state index contributed by atoms with van der Waals surface area (Å²) in [5, 5.41) is 0. The molecular formula is C12H21NO2. The third-order valence-electron chi connectivity index (χ3n) is 2.56. The SMILES string of the molecule is CCCCCCCN1COCC=CC1=O. The molecule has 0 saturated heterocycles. The molecule has 0 aliphatic carbocycles. The van der Waals surface area contributed by atoms with Gasteiger partial charge in [-0.05, 0) is 6.42 Å². The summed E-state index contributed by atoms with van der Waals surface area (Å²) in [6.07, 6.45) is 9.51. The van der Waals surface area contributed by atoms with E-state index in [0.717, 1.165) is 13.0 Å². The van der Waals surface area contributed by atoms with Gasteiger partial charge in [-0.2, -0.15) is 0 Å². The molecule has 0 bridgehead atoms. The van der Waals surface area contributed by atoms with Crippen LogP contribution in [0.15, 0.2) is 12.2 Å². The van der Waals surface area contributed by atoms with E-state index in [9.17, 15) is 4.79 Å². The Morgan fingerprint density at radius 2 is 2.13 bits per heavy atom. The Morgan fingerprint density at radius 1 is 1.33 bits per heavy atom. The number of carbonyl (C=O) groups is 1. The Hall–Kier alpha value is -0.830. The first-order valence-corrected chi connectivity index (χ1v) is 5.87. The summed E-state index contributed by atoms with van der Waals surface area (Å²) < 4.78 is 5.27. The van der Waals surface area contributed by atoms with Crippen LogP contribution in [0.2, 0.25) is 0 Å². The van der Waals surface area contributed by atoms with Crippen molar-refractivity contribution < 1.29 is 9.53 Å². The summed E-state index contributed by atoms with van der Waals surface area (Å²) >= 11 is 0. The predicted molar refractivity (Wildman–Crippen MR) is 60.4 cm³/mol. The molecule has 3 heteroatoms. The van der Waals surface area contributed by atoms with Crippen LogP contribution in [-0.2, 0) is 9.53 Å². The van der Waals surface area contributed by atoms with Crippen molar-refractivity contribution in [1.29, 1.82) is 0 Å². The van der Waals surface area contributed by atoms with E-state index >= 15 is 0 Å². The lowest BCUT2D eigenvalue weighted by Gasteiger charge is -2.18. The third kappa shape index (κ3) is 4.98. The molecule has 0 aromatic carbocycles. The molecular weight excluding hydrogens is 190 g/mol. The van der Waals surface area contributed by atoms with Crippen LogP contribution in [0.1, 0.15) is 39.0 Å². The summed E-state index contributed by atoms with van der Waals surface area (Å²) in [5.74, 6) is 0.0861. The highest BCUT2D eigenvalue weighted by atomic mass is 16.5. The number of carbonyl (C=O) groups excluding carboxylic acids is 1. The van der Waals surface area contributed by atoms with E-state index in [2.05, 4.69) is 6.92 Å². The van der Waals surface area contributed by atoms with Gasteiger partial charge in [0.2, 0.25) is 5.91 Å². The zero-order valence-corrected chi connectivity index (χ0v) is 9.58. The Labute approximate surface area is 92.1 Å². The molecule has 0 saturated carbocycles. The molecule has 1 rings (SSSR count). The molecule has 86 valence electrons. The van der Waals surface area contributed by atoms with Crippen molar-refractivity contribution in [2.75, 3.05) is 19.9 Å². The minimum Gasteiger partial charge on any atom is -0.357 e. The maximum Gasteiger partial charge on any atom is 0.248 e. The van der Waals surface area contributed by atoms with E-state index < -0.39 is 0 Å². The van der Waals surface area contributed by atoms with E-state index in [-0.39, 0.29) is 5.91 Å². The lowest BCUT2D eigenvalue weighted by atomic mass is 10.1. The number of hydrogen-bond donors (Lipinski definition) is 0. The minimum absolute atomic E-state index is 0.0861. The Balaban J connectivity index is 2.13. The fourth-order valence-electron chi connectivity index (χ4n) is 1.63. The highest BCUT2D eigenvalue weighted by molar-refractivity contribution is 5.87. The van der Waals surface area contributed by atoms with Gasteiger partial charge in [-0.1, -0.05) is 38.7 Å². The average Bonchev–Trinajstić information content (AvgIpc) is 2.44. The van der Waals surface area contributed by atoms with Crippen molar-refractivity contribution in [2.24, 2.45) is 0 Å². The Kier molecular flexibility index (Phi) is 6.09. The molecule has 1 heterocycles. The van der Waals surface area contributed by atoms with Crippen molar-refractivity contribution in [3.63, 3.8) is 0 Å². The minimum atomic E-state index is 0.0861. The van der Waals surface area contributed by atoms with Crippen molar-refractivity contribution >= 4 is 5.91 Å². The van der Waals surface area contributed by atoms with E-state index in [0.29, 0.717) is 13.3 Å². The molecule has 0 fully saturated rings. The van der Waals surface area contributed by atoms with Crippen LogP contribution in [0.25, 0.3) is 0 Å². The fourth-order valence-corrected chi connectivity index (χ4v) is 1.63. The molecule has 15 heavy (non-hydrogen) atoms. The number of unbranched alkanes of at least 4 members (excludes halogenated alkanes) is 4. The van der Waals surface area contributed by atoms with Gasteiger partial charge in [0.1, 0.15) is 6.73 Å². The van der Waals surface area contributed by atoms with Gasteiger partial charge in [-0.25, -0.2) is 0 Å². The van der Waals surface area contributed by atoms with Crippen LogP contribution in [0.4, 0.5) is 0 Å². The van der Waals surface area contributed by atoms with Gasteiger partial charge < -0.3 is 9.64 Å². The molecule has 0 N–H and O–H groups in total. The normalized spacial score (nSPS) is 16.9. The zero-order chi connectivity index (χ0) is 10.9. The van der Waals surface area contributed by atoms with Crippen LogP contribution in [0.3, 0.4) is 0 Å². The Morgan fingerprint density at radius 3 is 2.93 bits per heavy atom. The van der Waals surface area contributed by atoms with Crippen molar-refractivity contribution in [2.45, 2.75) is 39.0 Å². The molecule has 3 nitrogen and oxygen atoms in total. The number of hydrogen-bond acceptors (Lipinski definition) is 2.